The third kappa shape index (κ3) is 10.4. The van der Waals surface area contributed by atoms with E-state index in [4.69, 9.17) is 25.2 Å². The Balaban J connectivity index is 0.000000929. The first-order valence-corrected chi connectivity index (χ1v) is 16.6. The fourth-order valence-corrected chi connectivity index (χ4v) is 5.48. The molecule has 5 N–H and O–H groups in total. The molecule has 0 aliphatic carbocycles. The second-order valence-electron chi connectivity index (χ2n) is 11.9. The van der Waals surface area contributed by atoms with Crippen LogP contribution in [-0.2, 0) is 14.4 Å². The maximum Gasteiger partial charge on any atom is 0.414 e. The molecule has 266 valence electrons. The molecule has 4 aromatic carbocycles. The van der Waals surface area contributed by atoms with E-state index in [1.807, 2.05) is 79.7 Å². The normalized spacial score (nSPS) is 11.7. The third-order valence-corrected chi connectivity index (χ3v) is 8.14. The third-order valence-electron chi connectivity index (χ3n) is 8.14. The number of benzene rings is 4. The molecule has 1 aliphatic heterocycles. The van der Waals surface area contributed by atoms with Crippen LogP contribution in [0.5, 0.6) is 0 Å². The van der Waals surface area contributed by atoms with Gasteiger partial charge in [0.2, 0.25) is 5.91 Å². The lowest BCUT2D eigenvalue weighted by atomic mass is 9.98. The maximum atomic E-state index is 13.8. The lowest BCUT2D eigenvalue weighted by Gasteiger charge is -2.24. The van der Waals surface area contributed by atoms with Crippen molar-refractivity contribution in [2.75, 3.05) is 23.3 Å². The standard InChI is InChI=1S/C39H38N4O3.C2H2O4/c1-3-4-11-31(40)26-41-37(44)25-30-10-9-24-43(36-15-8-7-13-34(30)36)39(46)29-20-22-32(23-21-29)42-38(45)35-14-6-5-12-33(35)28-18-16-27(2)17-19-28;3-1(4)2(5)6/h3,5-8,10,12-23,40H,1,4,9,11,24-26H2,2H3,(H,41,44)(H,42,45);(H,3,4)(H,5,6). The van der Waals surface area contributed by atoms with Gasteiger partial charge in [0.1, 0.15) is 0 Å². The summed E-state index contributed by atoms with van der Waals surface area (Å²) < 4.78 is 0. The van der Waals surface area contributed by atoms with E-state index in [1.54, 1.807) is 41.3 Å². The van der Waals surface area contributed by atoms with Crippen LogP contribution in [0.4, 0.5) is 11.4 Å². The predicted molar refractivity (Wildman–Crippen MR) is 202 cm³/mol. The number of carbonyl (C=O) groups is 5. The summed E-state index contributed by atoms with van der Waals surface area (Å²) in [6, 6.07) is 30.1. The molecule has 11 nitrogen and oxygen atoms in total. The number of rotatable bonds is 11. The largest absolute Gasteiger partial charge is 0.473 e. The van der Waals surface area contributed by atoms with Crippen molar-refractivity contribution in [2.24, 2.45) is 0 Å². The number of nitrogens with one attached hydrogen (secondary N) is 3. The van der Waals surface area contributed by atoms with Crippen LogP contribution in [0.2, 0.25) is 0 Å². The summed E-state index contributed by atoms with van der Waals surface area (Å²) >= 11 is 0. The Hall–Kier alpha value is -6.62. The van der Waals surface area contributed by atoms with Crippen molar-refractivity contribution in [1.29, 1.82) is 5.41 Å². The molecule has 4 aromatic rings. The highest BCUT2D eigenvalue weighted by molar-refractivity contribution is 6.27. The summed E-state index contributed by atoms with van der Waals surface area (Å²) in [6.45, 7) is 6.37. The highest BCUT2D eigenvalue weighted by Crippen LogP contribution is 2.33. The Labute approximate surface area is 301 Å². The van der Waals surface area contributed by atoms with Crippen molar-refractivity contribution in [2.45, 2.75) is 32.6 Å². The van der Waals surface area contributed by atoms with Crippen molar-refractivity contribution >= 4 is 52.3 Å². The number of aliphatic carboxylic acids is 2. The maximum absolute atomic E-state index is 13.8. The summed E-state index contributed by atoms with van der Waals surface area (Å²) in [7, 11) is 0. The number of nitrogens with zero attached hydrogens (tertiary/aromatic N) is 1. The first kappa shape index (κ1) is 38.2. The van der Waals surface area contributed by atoms with Gasteiger partial charge in [-0.25, -0.2) is 9.59 Å². The number of carboxylic acids is 2. The SMILES string of the molecule is C=CCCC(=N)CNC(=O)CC1=CCCN(C(=O)c2ccc(NC(=O)c3ccccc3-c3ccc(C)cc3)cc2)c2ccccc21.O=C(O)C(=O)O. The molecular weight excluding hydrogens is 660 g/mol. The highest BCUT2D eigenvalue weighted by Gasteiger charge is 2.24. The lowest BCUT2D eigenvalue weighted by Crippen LogP contribution is -2.32. The van der Waals surface area contributed by atoms with Crippen molar-refractivity contribution in [3.05, 3.63) is 138 Å². The van der Waals surface area contributed by atoms with E-state index in [-0.39, 0.29) is 30.7 Å². The molecule has 52 heavy (non-hydrogen) atoms. The molecule has 1 aliphatic rings. The zero-order valence-corrected chi connectivity index (χ0v) is 28.7. The van der Waals surface area contributed by atoms with E-state index in [0.29, 0.717) is 48.3 Å². The number of hydrogen-bond acceptors (Lipinski definition) is 6. The molecule has 0 spiro atoms. The molecule has 0 saturated heterocycles. The van der Waals surface area contributed by atoms with Crippen LogP contribution in [0.25, 0.3) is 16.7 Å². The summed E-state index contributed by atoms with van der Waals surface area (Å²) in [5.41, 5.74) is 7.49. The Morgan fingerprint density at radius 2 is 1.48 bits per heavy atom. The van der Waals surface area contributed by atoms with E-state index in [9.17, 15) is 14.4 Å². The van der Waals surface area contributed by atoms with Crippen molar-refractivity contribution < 1.29 is 34.2 Å². The molecule has 0 unspecified atom stereocenters. The zero-order valence-electron chi connectivity index (χ0n) is 28.7. The van der Waals surface area contributed by atoms with Gasteiger partial charge in [-0.05, 0) is 79.3 Å². The van der Waals surface area contributed by atoms with Crippen molar-refractivity contribution in [3.63, 3.8) is 0 Å². The topological polar surface area (TPSA) is 177 Å². The van der Waals surface area contributed by atoms with Gasteiger partial charge in [0, 0.05) is 34.6 Å². The van der Waals surface area contributed by atoms with Crippen LogP contribution in [0.15, 0.2) is 116 Å². The minimum Gasteiger partial charge on any atom is -0.473 e. The Kier molecular flexibility index (Phi) is 13.5. The number of carboxylic acid groups (broad SMARTS) is 2. The lowest BCUT2D eigenvalue weighted by molar-refractivity contribution is -0.159. The number of hydrogen-bond donors (Lipinski definition) is 5. The van der Waals surface area contributed by atoms with Crippen LogP contribution in [0.3, 0.4) is 0 Å². The minimum atomic E-state index is -1.82. The summed E-state index contributed by atoms with van der Waals surface area (Å²) in [5.74, 6) is -4.20. The molecular formula is C41H40N4O7. The van der Waals surface area contributed by atoms with Gasteiger partial charge in [0.05, 0.1) is 18.7 Å². The summed E-state index contributed by atoms with van der Waals surface area (Å²) in [6.07, 6.45) is 5.81. The van der Waals surface area contributed by atoms with Gasteiger partial charge in [-0.3, -0.25) is 14.4 Å². The molecule has 3 amide bonds. The van der Waals surface area contributed by atoms with Crippen LogP contribution in [0, 0.1) is 12.3 Å². The van der Waals surface area contributed by atoms with Crippen molar-refractivity contribution in [1.82, 2.24) is 5.32 Å². The number of fused-ring (bicyclic) bond motifs is 1. The second-order valence-corrected chi connectivity index (χ2v) is 11.9. The van der Waals surface area contributed by atoms with Gasteiger partial charge >= 0.3 is 11.9 Å². The van der Waals surface area contributed by atoms with Gasteiger partial charge in [0.25, 0.3) is 11.8 Å². The molecule has 0 saturated carbocycles. The molecule has 0 aromatic heterocycles. The Bertz CT molecular complexity index is 1990. The summed E-state index contributed by atoms with van der Waals surface area (Å²) in [5, 5.41) is 28.6. The highest BCUT2D eigenvalue weighted by atomic mass is 16.4. The molecule has 0 atom stereocenters. The van der Waals surface area contributed by atoms with Crippen LogP contribution >= 0.6 is 0 Å². The number of carbonyl (C=O) groups excluding carboxylic acids is 3. The smallest absolute Gasteiger partial charge is 0.414 e. The second kappa shape index (κ2) is 18.4. The van der Waals surface area contributed by atoms with Crippen molar-refractivity contribution in [3.8, 4) is 11.1 Å². The van der Waals surface area contributed by atoms with E-state index in [0.717, 1.165) is 33.5 Å². The number of allylic oxidation sites excluding steroid dienone is 1. The van der Waals surface area contributed by atoms with Gasteiger partial charge in [0.15, 0.2) is 0 Å². The minimum absolute atomic E-state index is 0.162. The van der Waals surface area contributed by atoms with E-state index >= 15 is 0 Å². The van der Waals surface area contributed by atoms with E-state index in [1.165, 1.54) is 0 Å². The van der Waals surface area contributed by atoms with E-state index < -0.39 is 11.9 Å². The van der Waals surface area contributed by atoms with E-state index in [2.05, 4.69) is 17.2 Å². The number of para-hydroxylation sites is 1. The molecule has 11 heteroatoms. The van der Waals surface area contributed by atoms with Crippen LogP contribution < -0.4 is 15.5 Å². The summed E-state index contributed by atoms with van der Waals surface area (Å²) in [4.78, 5) is 59.8. The fourth-order valence-electron chi connectivity index (χ4n) is 5.48. The first-order chi connectivity index (χ1) is 25.0. The average molecular weight is 701 g/mol. The Morgan fingerprint density at radius 1 is 0.846 bits per heavy atom. The first-order valence-electron chi connectivity index (χ1n) is 16.6. The quantitative estimate of drug-likeness (QED) is 0.0636. The average Bonchev–Trinajstić information content (AvgIpc) is 3.33. The Morgan fingerprint density at radius 3 is 2.13 bits per heavy atom. The molecule has 0 bridgehead atoms. The fraction of sp³-hybridized carbons (Fsp3) is 0.171. The number of aryl methyl sites for hydroxylation is 1. The van der Waals surface area contributed by atoms with Gasteiger partial charge in [-0.2, -0.15) is 0 Å². The molecule has 0 radical (unpaired) electrons. The van der Waals surface area contributed by atoms with Crippen LogP contribution in [0.1, 0.15) is 57.5 Å². The molecule has 0 fully saturated rings. The zero-order chi connectivity index (χ0) is 37.6. The number of amides is 3. The number of anilines is 2. The van der Waals surface area contributed by atoms with Gasteiger partial charge in [-0.15, -0.1) is 6.58 Å². The molecule has 5 rings (SSSR count). The molecule has 1 heterocycles. The van der Waals surface area contributed by atoms with Gasteiger partial charge < -0.3 is 31.2 Å². The predicted octanol–water partition coefficient (Wildman–Crippen LogP) is 7.00. The monoisotopic (exact) mass is 700 g/mol. The van der Waals surface area contributed by atoms with Gasteiger partial charge in [-0.1, -0.05) is 78.4 Å². The van der Waals surface area contributed by atoms with Crippen LogP contribution in [-0.4, -0.2) is 58.7 Å².